The van der Waals surface area contributed by atoms with Crippen LogP contribution in [0, 0.1) is 0 Å². The lowest BCUT2D eigenvalue weighted by molar-refractivity contribution is -0.0126. The maximum absolute atomic E-state index is 13.4. The topological polar surface area (TPSA) is 65.8 Å². The molecule has 1 fully saturated rings. The molecule has 156 valence electrons. The minimum atomic E-state index is -0.107. The lowest BCUT2D eigenvalue weighted by Crippen LogP contribution is -2.44. The molecule has 0 unspecified atom stereocenters. The van der Waals surface area contributed by atoms with Crippen molar-refractivity contribution in [2.24, 2.45) is 0 Å². The first-order valence-corrected chi connectivity index (χ1v) is 9.89. The van der Waals surface area contributed by atoms with Crippen LogP contribution in [0.5, 0.6) is 11.5 Å². The van der Waals surface area contributed by atoms with Gasteiger partial charge in [0.15, 0.2) is 17.2 Å². The monoisotopic (exact) mass is 407 g/mol. The number of hydrogen-bond donors (Lipinski definition) is 0. The fourth-order valence-corrected chi connectivity index (χ4v) is 3.61. The zero-order valence-corrected chi connectivity index (χ0v) is 17.4. The van der Waals surface area contributed by atoms with Crippen LogP contribution >= 0.6 is 0 Å². The Morgan fingerprint density at radius 2 is 1.87 bits per heavy atom. The van der Waals surface area contributed by atoms with Gasteiger partial charge in [0.25, 0.3) is 5.91 Å². The maximum atomic E-state index is 13.4. The summed E-state index contributed by atoms with van der Waals surface area (Å²) >= 11 is 0. The molecule has 1 amide bonds. The molecular formula is C23H25N3O4. The molecule has 7 nitrogen and oxygen atoms in total. The van der Waals surface area contributed by atoms with Gasteiger partial charge in [0, 0.05) is 24.8 Å². The van der Waals surface area contributed by atoms with Crippen molar-refractivity contribution in [3.05, 3.63) is 60.4 Å². The van der Waals surface area contributed by atoms with Gasteiger partial charge in [0.1, 0.15) is 0 Å². The Hall–Kier alpha value is -3.32. The van der Waals surface area contributed by atoms with Crippen molar-refractivity contribution >= 4 is 5.91 Å². The van der Waals surface area contributed by atoms with Crippen molar-refractivity contribution in [2.45, 2.75) is 13.0 Å². The van der Waals surface area contributed by atoms with Crippen molar-refractivity contribution < 1.29 is 19.0 Å². The molecule has 3 aromatic rings. The van der Waals surface area contributed by atoms with E-state index >= 15 is 0 Å². The van der Waals surface area contributed by atoms with Gasteiger partial charge in [0.2, 0.25) is 0 Å². The molecule has 1 saturated heterocycles. The standard InChI is InChI=1S/C23H25N3O4/c1-16-14-25(11-12-30-16)23(27)22-19(15-26(24-22)18-7-5-4-6-8-18)17-9-10-20(28-2)21(13-17)29-3/h4-10,13,15-16H,11-12,14H2,1-3H3/t16-/m0/s1. The Kier molecular flexibility index (Phi) is 5.72. The third-order valence-corrected chi connectivity index (χ3v) is 5.16. The summed E-state index contributed by atoms with van der Waals surface area (Å²) in [7, 11) is 3.19. The molecule has 1 aliphatic heterocycles. The summed E-state index contributed by atoms with van der Waals surface area (Å²) in [6.45, 7) is 3.59. The minimum absolute atomic E-state index is 0.00318. The summed E-state index contributed by atoms with van der Waals surface area (Å²) in [5, 5.41) is 4.67. The third-order valence-electron chi connectivity index (χ3n) is 5.16. The number of para-hydroxylation sites is 1. The summed E-state index contributed by atoms with van der Waals surface area (Å²) < 4.78 is 18.1. The van der Waals surface area contributed by atoms with Crippen LogP contribution in [0.3, 0.4) is 0 Å². The van der Waals surface area contributed by atoms with Crippen LogP contribution in [-0.4, -0.2) is 60.6 Å². The average molecular weight is 407 g/mol. The van der Waals surface area contributed by atoms with Gasteiger partial charge in [-0.05, 0) is 36.8 Å². The summed E-state index contributed by atoms with van der Waals surface area (Å²) in [5.74, 6) is 1.12. The van der Waals surface area contributed by atoms with Crippen LogP contribution in [0.2, 0.25) is 0 Å². The molecule has 0 saturated carbocycles. The van der Waals surface area contributed by atoms with Crippen LogP contribution in [0.1, 0.15) is 17.4 Å². The van der Waals surface area contributed by atoms with E-state index in [1.807, 2.05) is 61.7 Å². The molecule has 4 rings (SSSR count). The van der Waals surface area contributed by atoms with Crippen LogP contribution in [0.25, 0.3) is 16.8 Å². The van der Waals surface area contributed by atoms with E-state index in [1.54, 1.807) is 23.8 Å². The summed E-state index contributed by atoms with van der Waals surface area (Å²) in [5.41, 5.74) is 2.86. The summed E-state index contributed by atoms with van der Waals surface area (Å²) in [4.78, 5) is 15.2. The molecule has 2 heterocycles. The first-order valence-electron chi connectivity index (χ1n) is 9.89. The first kappa shape index (κ1) is 20.0. The molecule has 1 aromatic heterocycles. The van der Waals surface area contributed by atoms with Crippen molar-refractivity contribution in [1.82, 2.24) is 14.7 Å². The molecule has 0 aliphatic carbocycles. The van der Waals surface area contributed by atoms with Gasteiger partial charge in [0.05, 0.1) is 32.6 Å². The second kappa shape index (κ2) is 8.59. The summed E-state index contributed by atoms with van der Waals surface area (Å²) in [6.07, 6.45) is 1.89. The van der Waals surface area contributed by atoms with E-state index in [0.717, 1.165) is 16.8 Å². The molecule has 2 aromatic carbocycles. The molecule has 0 N–H and O–H groups in total. The van der Waals surface area contributed by atoms with Gasteiger partial charge in [-0.25, -0.2) is 4.68 Å². The molecule has 1 aliphatic rings. The Morgan fingerprint density at radius 1 is 1.10 bits per heavy atom. The number of benzene rings is 2. The van der Waals surface area contributed by atoms with Gasteiger partial charge < -0.3 is 19.1 Å². The van der Waals surface area contributed by atoms with Gasteiger partial charge in [-0.2, -0.15) is 5.10 Å². The van der Waals surface area contributed by atoms with Crippen LogP contribution in [0.15, 0.2) is 54.7 Å². The fourth-order valence-electron chi connectivity index (χ4n) is 3.61. The number of carbonyl (C=O) groups is 1. The molecule has 1 atom stereocenters. The van der Waals surface area contributed by atoms with Gasteiger partial charge >= 0.3 is 0 Å². The van der Waals surface area contributed by atoms with Gasteiger partial charge in [-0.1, -0.05) is 24.3 Å². The second-order valence-electron chi connectivity index (χ2n) is 7.17. The van der Waals surface area contributed by atoms with E-state index in [1.165, 1.54) is 0 Å². The Labute approximate surface area is 175 Å². The molecule has 0 spiro atoms. The Balaban J connectivity index is 1.80. The molecule has 7 heteroatoms. The van der Waals surface area contributed by atoms with Crippen molar-refractivity contribution in [1.29, 1.82) is 0 Å². The third kappa shape index (κ3) is 3.89. The minimum Gasteiger partial charge on any atom is -0.493 e. The highest BCUT2D eigenvalue weighted by Crippen LogP contribution is 2.34. The largest absolute Gasteiger partial charge is 0.493 e. The SMILES string of the molecule is COc1ccc(-c2cn(-c3ccccc3)nc2C(=O)N2CCO[C@@H](C)C2)cc1OC. The fraction of sp³-hybridized carbons (Fsp3) is 0.304. The molecule has 0 radical (unpaired) electrons. The number of ether oxygens (including phenoxy) is 3. The highest BCUT2D eigenvalue weighted by Gasteiger charge is 2.28. The van der Waals surface area contributed by atoms with Gasteiger partial charge in [-0.15, -0.1) is 0 Å². The number of rotatable bonds is 5. The number of hydrogen-bond acceptors (Lipinski definition) is 5. The van der Waals surface area contributed by atoms with Crippen molar-refractivity contribution in [2.75, 3.05) is 33.9 Å². The highest BCUT2D eigenvalue weighted by atomic mass is 16.5. The number of nitrogens with zero attached hydrogens (tertiary/aromatic N) is 3. The first-order chi connectivity index (χ1) is 14.6. The number of aromatic nitrogens is 2. The van der Waals surface area contributed by atoms with Gasteiger partial charge in [-0.3, -0.25) is 4.79 Å². The molecule has 0 bridgehead atoms. The van der Waals surface area contributed by atoms with Crippen molar-refractivity contribution in [3.8, 4) is 28.3 Å². The average Bonchev–Trinajstić information content (AvgIpc) is 3.24. The number of methoxy groups -OCH3 is 2. The number of amides is 1. The predicted octanol–water partition coefficient (Wildman–Crippen LogP) is 3.42. The molecule has 30 heavy (non-hydrogen) atoms. The zero-order valence-electron chi connectivity index (χ0n) is 17.4. The smallest absolute Gasteiger partial charge is 0.275 e. The van der Waals surface area contributed by atoms with E-state index in [-0.39, 0.29) is 12.0 Å². The normalized spacial score (nSPS) is 16.4. The second-order valence-corrected chi connectivity index (χ2v) is 7.17. The lowest BCUT2D eigenvalue weighted by Gasteiger charge is -2.30. The van der Waals surface area contributed by atoms with E-state index in [9.17, 15) is 4.79 Å². The number of morpholine rings is 1. The molecular weight excluding hydrogens is 382 g/mol. The Morgan fingerprint density at radius 3 is 2.57 bits per heavy atom. The maximum Gasteiger partial charge on any atom is 0.275 e. The number of carbonyl (C=O) groups excluding carboxylic acids is 1. The van der Waals surface area contributed by atoms with E-state index < -0.39 is 0 Å². The quantitative estimate of drug-likeness (QED) is 0.648. The van der Waals surface area contributed by atoms with Crippen LogP contribution < -0.4 is 9.47 Å². The Bertz CT molecular complexity index is 1030. The van der Waals surface area contributed by atoms with Crippen LogP contribution in [0.4, 0.5) is 0 Å². The summed E-state index contributed by atoms with van der Waals surface area (Å²) in [6, 6.07) is 15.3. The van der Waals surface area contributed by atoms with E-state index in [4.69, 9.17) is 14.2 Å². The van der Waals surface area contributed by atoms with E-state index in [2.05, 4.69) is 5.10 Å². The van der Waals surface area contributed by atoms with E-state index in [0.29, 0.717) is 36.9 Å². The van der Waals surface area contributed by atoms with Crippen molar-refractivity contribution in [3.63, 3.8) is 0 Å². The zero-order chi connectivity index (χ0) is 21.1. The van der Waals surface area contributed by atoms with Crippen LogP contribution in [-0.2, 0) is 4.74 Å². The lowest BCUT2D eigenvalue weighted by atomic mass is 10.0. The predicted molar refractivity (Wildman–Crippen MR) is 113 cm³/mol. The highest BCUT2D eigenvalue weighted by molar-refractivity contribution is 5.99.